The molecule has 0 bridgehead atoms. The summed E-state index contributed by atoms with van der Waals surface area (Å²) in [6.45, 7) is 5.49. The third kappa shape index (κ3) is 4.66. The summed E-state index contributed by atoms with van der Waals surface area (Å²) in [4.78, 5) is 28.4. The largest absolute Gasteiger partial charge is 0.484 e. The van der Waals surface area contributed by atoms with Gasteiger partial charge in [0.15, 0.2) is 6.61 Å². The number of amides is 1. The fraction of sp³-hybridized carbons (Fsp3) is 0.304. The van der Waals surface area contributed by atoms with Crippen LogP contribution >= 0.6 is 0 Å². The molecule has 1 amide bonds. The summed E-state index contributed by atoms with van der Waals surface area (Å²) in [5.74, 6) is 0.694. The molecule has 150 valence electrons. The maximum absolute atomic E-state index is 12.4. The summed E-state index contributed by atoms with van der Waals surface area (Å²) < 4.78 is 10.9. The standard InChI is InChI=1S/C23H24N2O4/c1-17-7-8-20-18(14-23(27)29-21(20)13-17)15-24-9-11-25(12-10-24)22(26)16-28-19-5-3-2-4-6-19/h2-8,13-14H,9-12,15-16H2,1H3. The summed E-state index contributed by atoms with van der Waals surface area (Å²) in [5.41, 5.74) is 2.32. The van der Waals surface area contributed by atoms with E-state index in [0.717, 1.165) is 29.6 Å². The summed E-state index contributed by atoms with van der Waals surface area (Å²) in [5, 5.41) is 0.963. The van der Waals surface area contributed by atoms with Crippen molar-refractivity contribution in [3.8, 4) is 5.75 Å². The Labute approximate surface area is 169 Å². The lowest BCUT2D eigenvalue weighted by Crippen LogP contribution is -2.49. The molecule has 0 N–H and O–H groups in total. The van der Waals surface area contributed by atoms with Crippen molar-refractivity contribution in [2.24, 2.45) is 0 Å². The van der Waals surface area contributed by atoms with Crippen molar-refractivity contribution in [3.05, 3.63) is 76.1 Å². The van der Waals surface area contributed by atoms with Gasteiger partial charge in [0.05, 0.1) is 0 Å². The quantitative estimate of drug-likeness (QED) is 0.625. The predicted octanol–water partition coefficient (Wildman–Crippen LogP) is 2.82. The van der Waals surface area contributed by atoms with E-state index in [1.165, 1.54) is 0 Å². The lowest BCUT2D eigenvalue weighted by Gasteiger charge is -2.34. The molecule has 1 fully saturated rings. The van der Waals surface area contributed by atoms with Gasteiger partial charge in [-0.15, -0.1) is 0 Å². The van der Waals surface area contributed by atoms with Crippen molar-refractivity contribution in [1.82, 2.24) is 9.80 Å². The Balaban J connectivity index is 1.35. The molecule has 0 saturated carbocycles. The third-order valence-electron chi connectivity index (χ3n) is 5.21. The molecule has 0 aliphatic carbocycles. The van der Waals surface area contributed by atoms with Crippen molar-refractivity contribution in [2.45, 2.75) is 13.5 Å². The Hall–Kier alpha value is -3.12. The highest BCUT2D eigenvalue weighted by molar-refractivity contribution is 5.80. The first-order valence-corrected chi connectivity index (χ1v) is 9.80. The van der Waals surface area contributed by atoms with Crippen LogP contribution in [0.2, 0.25) is 0 Å². The maximum atomic E-state index is 12.4. The van der Waals surface area contributed by atoms with Gasteiger partial charge in [-0.2, -0.15) is 0 Å². The number of carbonyl (C=O) groups is 1. The van der Waals surface area contributed by atoms with Gasteiger partial charge in [-0.3, -0.25) is 9.69 Å². The molecule has 2 heterocycles. The molecule has 3 aromatic rings. The Kier molecular flexibility index (Phi) is 5.62. The van der Waals surface area contributed by atoms with Gasteiger partial charge in [0.25, 0.3) is 5.91 Å². The second kappa shape index (κ2) is 8.49. The highest BCUT2D eigenvalue weighted by atomic mass is 16.5. The van der Waals surface area contributed by atoms with E-state index in [1.807, 2.05) is 60.4 Å². The minimum absolute atomic E-state index is 0.00483. The van der Waals surface area contributed by atoms with Crippen LogP contribution in [0.1, 0.15) is 11.1 Å². The number of rotatable bonds is 5. The van der Waals surface area contributed by atoms with Crippen molar-refractivity contribution in [1.29, 1.82) is 0 Å². The first-order valence-electron chi connectivity index (χ1n) is 9.80. The normalized spacial score (nSPS) is 14.9. The topological polar surface area (TPSA) is 63.0 Å². The van der Waals surface area contributed by atoms with Gasteiger partial charge in [-0.1, -0.05) is 30.3 Å². The van der Waals surface area contributed by atoms with E-state index in [2.05, 4.69) is 4.90 Å². The number of fused-ring (bicyclic) bond motifs is 1. The summed E-state index contributed by atoms with van der Waals surface area (Å²) in [7, 11) is 0. The Morgan fingerprint density at radius 3 is 2.55 bits per heavy atom. The van der Waals surface area contributed by atoms with Gasteiger partial charge in [0.2, 0.25) is 0 Å². The molecule has 0 atom stereocenters. The second-order valence-electron chi connectivity index (χ2n) is 7.35. The highest BCUT2D eigenvalue weighted by Gasteiger charge is 2.22. The summed E-state index contributed by atoms with van der Waals surface area (Å²) >= 11 is 0. The molecule has 2 aromatic carbocycles. The number of benzene rings is 2. The molecular weight excluding hydrogens is 368 g/mol. The van der Waals surface area contributed by atoms with Crippen molar-refractivity contribution < 1.29 is 13.9 Å². The molecule has 0 radical (unpaired) electrons. The van der Waals surface area contributed by atoms with E-state index >= 15 is 0 Å². The van der Waals surface area contributed by atoms with Crippen molar-refractivity contribution in [3.63, 3.8) is 0 Å². The van der Waals surface area contributed by atoms with E-state index in [0.29, 0.717) is 31.0 Å². The molecule has 0 unspecified atom stereocenters. The zero-order valence-electron chi connectivity index (χ0n) is 16.5. The third-order valence-corrected chi connectivity index (χ3v) is 5.21. The van der Waals surface area contributed by atoms with Crippen LogP contribution in [0.3, 0.4) is 0 Å². The Morgan fingerprint density at radius 1 is 1.03 bits per heavy atom. The van der Waals surface area contributed by atoms with Gasteiger partial charge < -0.3 is 14.1 Å². The maximum Gasteiger partial charge on any atom is 0.336 e. The molecule has 4 rings (SSSR count). The number of hydrogen-bond donors (Lipinski definition) is 0. The van der Waals surface area contributed by atoms with Gasteiger partial charge in [-0.25, -0.2) is 4.79 Å². The number of hydrogen-bond acceptors (Lipinski definition) is 5. The molecule has 1 aliphatic rings. The molecule has 29 heavy (non-hydrogen) atoms. The van der Waals surface area contributed by atoms with Gasteiger partial charge >= 0.3 is 5.63 Å². The average molecular weight is 392 g/mol. The number of para-hydroxylation sites is 1. The zero-order chi connectivity index (χ0) is 20.2. The fourth-order valence-corrected chi connectivity index (χ4v) is 3.62. The minimum Gasteiger partial charge on any atom is -0.484 e. The first-order chi connectivity index (χ1) is 14.1. The van der Waals surface area contributed by atoms with Crippen LogP contribution in [0, 0.1) is 6.92 Å². The van der Waals surface area contributed by atoms with Crippen LogP contribution in [0.15, 0.2) is 63.8 Å². The summed E-state index contributed by atoms with van der Waals surface area (Å²) in [6, 6.07) is 16.8. The van der Waals surface area contributed by atoms with Crippen LogP contribution in [-0.4, -0.2) is 48.5 Å². The average Bonchev–Trinajstić information content (AvgIpc) is 2.73. The predicted molar refractivity (Wildman–Crippen MR) is 111 cm³/mol. The highest BCUT2D eigenvalue weighted by Crippen LogP contribution is 2.20. The number of nitrogens with zero attached hydrogens (tertiary/aromatic N) is 2. The lowest BCUT2D eigenvalue weighted by atomic mass is 10.1. The van der Waals surface area contributed by atoms with E-state index < -0.39 is 0 Å². The lowest BCUT2D eigenvalue weighted by molar-refractivity contribution is -0.135. The van der Waals surface area contributed by atoms with Crippen molar-refractivity contribution >= 4 is 16.9 Å². The Bertz CT molecular complexity index is 1050. The van der Waals surface area contributed by atoms with E-state index in [-0.39, 0.29) is 18.1 Å². The van der Waals surface area contributed by atoms with Crippen LogP contribution in [0.25, 0.3) is 11.0 Å². The number of aryl methyl sites for hydroxylation is 1. The zero-order valence-corrected chi connectivity index (χ0v) is 16.5. The molecule has 1 aliphatic heterocycles. The molecule has 1 aromatic heterocycles. The van der Waals surface area contributed by atoms with Crippen LogP contribution in [-0.2, 0) is 11.3 Å². The number of piperazine rings is 1. The second-order valence-corrected chi connectivity index (χ2v) is 7.35. The number of carbonyl (C=O) groups excluding carboxylic acids is 1. The smallest absolute Gasteiger partial charge is 0.336 e. The van der Waals surface area contributed by atoms with Crippen LogP contribution in [0.4, 0.5) is 0 Å². The van der Waals surface area contributed by atoms with E-state index in [9.17, 15) is 9.59 Å². The molecular formula is C23H24N2O4. The first kappa shape index (κ1) is 19.2. The minimum atomic E-state index is -0.329. The van der Waals surface area contributed by atoms with Crippen molar-refractivity contribution in [2.75, 3.05) is 32.8 Å². The Morgan fingerprint density at radius 2 is 1.79 bits per heavy atom. The monoisotopic (exact) mass is 392 g/mol. The van der Waals surface area contributed by atoms with Crippen LogP contribution < -0.4 is 10.4 Å². The SMILES string of the molecule is Cc1ccc2c(CN3CCN(C(=O)COc4ccccc4)CC3)cc(=O)oc2c1. The molecule has 6 heteroatoms. The van der Waals surface area contributed by atoms with E-state index in [4.69, 9.17) is 9.15 Å². The van der Waals surface area contributed by atoms with E-state index in [1.54, 1.807) is 6.07 Å². The van der Waals surface area contributed by atoms with Gasteiger partial charge in [-0.05, 0) is 36.2 Å². The molecule has 1 saturated heterocycles. The summed E-state index contributed by atoms with van der Waals surface area (Å²) in [6.07, 6.45) is 0. The molecule has 6 nitrogen and oxygen atoms in total. The van der Waals surface area contributed by atoms with Crippen LogP contribution in [0.5, 0.6) is 5.75 Å². The molecule has 0 spiro atoms. The number of ether oxygens (including phenoxy) is 1. The van der Waals surface area contributed by atoms with Gasteiger partial charge in [0, 0.05) is 44.2 Å². The fourth-order valence-electron chi connectivity index (χ4n) is 3.62. The van der Waals surface area contributed by atoms with Gasteiger partial charge in [0.1, 0.15) is 11.3 Å².